The molecule has 5 heteroatoms. The number of rotatable bonds is 4. The van der Waals surface area contributed by atoms with Gasteiger partial charge in [-0.25, -0.2) is 9.18 Å². The summed E-state index contributed by atoms with van der Waals surface area (Å²) in [5.74, 6) is 0.445. The Hall–Kier alpha value is -0.970. The van der Waals surface area contributed by atoms with Crippen LogP contribution in [0.5, 0.6) is 0 Å². The summed E-state index contributed by atoms with van der Waals surface area (Å²) in [7, 11) is 0. The highest BCUT2D eigenvalue weighted by atomic mass is 32.1. The smallest absolute Gasteiger partial charge is 0.410 e. The van der Waals surface area contributed by atoms with Crippen LogP contribution in [0.1, 0.15) is 40.5 Å². The predicted molar refractivity (Wildman–Crippen MR) is 82.8 cm³/mol. The van der Waals surface area contributed by atoms with Gasteiger partial charge in [-0.1, -0.05) is 6.08 Å². The number of thiol groups is 1. The van der Waals surface area contributed by atoms with Gasteiger partial charge < -0.3 is 9.64 Å². The first-order valence-corrected chi connectivity index (χ1v) is 7.53. The number of carbonyl (C=O) groups excluding carboxylic acids is 1. The summed E-state index contributed by atoms with van der Waals surface area (Å²) >= 11 is 4.20. The lowest BCUT2D eigenvalue weighted by molar-refractivity contribution is 0.0215. The molecule has 0 aromatic heterocycles. The zero-order valence-electron chi connectivity index (χ0n) is 12.6. The number of hydrogen-bond donors (Lipinski definition) is 1. The zero-order chi connectivity index (χ0) is 15.3. The molecule has 0 radical (unpaired) electrons. The Morgan fingerprint density at radius 1 is 1.45 bits per heavy atom. The minimum absolute atomic E-state index is 0.110. The lowest BCUT2D eigenvalue weighted by Crippen LogP contribution is -2.44. The lowest BCUT2D eigenvalue weighted by atomic mass is 9.97. The van der Waals surface area contributed by atoms with Gasteiger partial charge in [0.15, 0.2) is 0 Å². The third-order valence-electron chi connectivity index (χ3n) is 3.10. The average molecular weight is 301 g/mol. The molecule has 114 valence electrons. The summed E-state index contributed by atoms with van der Waals surface area (Å²) < 4.78 is 18.5. The molecule has 0 N–H and O–H groups in total. The van der Waals surface area contributed by atoms with Gasteiger partial charge in [0, 0.05) is 18.7 Å². The van der Waals surface area contributed by atoms with Crippen molar-refractivity contribution in [2.75, 3.05) is 12.3 Å². The second-order valence-electron chi connectivity index (χ2n) is 5.93. The standard InChI is InChI=1S/C15H24FNO2S/c1-11(12-5-7-13(16)8-6-12)17(9-10-20)14(18)19-15(2,3)4/h5,7,11,20H,6,8-10H2,1-4H3. The lowest BCUT2D eigenvalue weighted by Gasteiger charge is -2.33. The monoisotopic (exact) mass is 301 g/mol. The molecule has 0 spiro atoms. The first kappa shape index (κ1) is 17.1. The molecular weight excluding hydrogens is 277 g/mol. The number of hydrogen-bond acceptors (Lipinski definition) is 3. The summed E-state index contributed by atoms with van der Waals surface area (Å²) in [5.41, 5.74) is 0.512. The van der Waals surface area contributed by atoms with E-state index in [1.807, 2.05) is 27.7 Å². The van der Waals surface area contributed by atoms with E-state index in [-0.39, 0.29) is 18.0 Å². The molecular formula is C15H24FNO2S. The fourth-order valence-electron chi connectivity index (χ4n) is 2.05. The van der Waals surface area contributed by atoms with E-state index in [1.165, 1.54) is 6.08 Å². The topological polar surface area (TPSA) is 29.5 Å². The van der Waals surface area contributed by atoms with Crippen molar-refractivity contribution in [3.05, 3.63) is 23.6 Å². The van der Waals surface area contributed by atoms with E-state index in [1.54, 1.807) is 11.0 Å². The van der Waals surface area contributed by atoms with E-state index in [9.17, 15) is 9.18 Å². The number of ether oxygens (including phenoxy) is 1. The number of nitrogens with zero attached hydrogens (tertiary/aromatic N) is 1. The molecule has 0 heterocycles. The van der Waals surface area contributed by atoms with Gasteiger partial charge in [0.2, 0.25) is 0 Å². The van der Waals surface area contributed by atoms with Gasteiger partial charge in [-0.3, -0.25) is 0 Å². The summed E-state index contributed by atoms with van der Waals surface area (Å²) in [5, 5.41) is 0. The van der Waals surface area contributed by atoms with E-state index in [4.69, 9.17) is 4.74 Å². The average Bonchev–Trinajstić information content (AvgIpc) is 2.34. The summed E-state index contributed by atoms with van der Waals surface area (Å²) in [4.78, 5) is 13.9. The molecule has 1 amide bonds. The highest BCUT2D eigenvalue weighted by Crippen LogP contribution is 2.25. The van der Waals surface area contributed by atoms with Crippen LogP contribution in [-0.4, -0.2) is 34.9 Å². The largest absolute Gasteiger partial charge is 0.444 e. The van der Waals surface area contributed by atoms with Gasteiger partial charge in [0.25, 0.3) is 0 Å². The van der Waals surface area contributed by atoms with Crippen LogP contribution in [0.2, 0.25) is 0 Å². The van der Waals surface area contributed by atoms with Crippen LogP contribution in [0.3, 0.4) is 0 Å². The van der Waals surface area contributed by atoms with E-state index >= 15 is 0 Å². The second kappa shape index (κ2) is 7.16. The molecule has 20 heavy (non-hydrogen) atoms. The Morgan fingerprint density at radius 2 is 2.10 bits per heavy atom. The minimum atomic E-state index is -0.529. The third-order valence-corrected chi connectivity index (χ3v) is 3.30. The summed E-state index contributed by atoms with van der Waals surface area (Å²) in [6.45, 7) is 7.96. The van der Waals surface area contributed by atoms with Crippen LogP contribution >= 0.6 is 12.6 Å². The van der Waals surface area contributed by atoms with Gasteiger partial charge in [0.1, 0.15) is 11.4 Å². The fourth-order valence-corrected chi connectivity index (χ4v) is 2.26. The molecule has 1 aliphatic carbocycles. The maximum Gasteiger partial charge on any atom is 0.410 e. The van der Waals surface area contributed by atoms with Crippen molar-refractivity contribution in [3.8, 4) is 0 Å². The minimum Gasteiger partial charge on any atom is -0.444 e. The number of amides is 1. The molecule has 3 nitrogen and oxygen atoms in total. The summed E-state index contributed by atoms with van der Waals surface area (Å²) in [6, 6.07) is -0.110. The molecule has 1 atom stereocenters. The summed E-state index contributed by atoms with van der Waals surface area (Å²) in [6.07, 6.45) is 3.92. The van der Waals surface area contributed by atoms with Crippen LogP contribution < -0.4 is 0 Å². The molecule has 0 saturated carbocycles. The van der Waals surface area contributed by atoms with E-state index < -0.39 is 5.60 Å². The van der Waals surface area contributed by atoms with E-state index in [0.717, 1.165) is 5.57 Å². The Labute approximate surface area is 126 Å². The highest BCUT2D eigenvalue weighted by Gasteiger charge is 2.27. The van der Waals surface area contributed by atoms with Crippen LogP contribution in [-0.2, 0) is 4.74 Å². The number of allylic oxidation sites excluding steroid dienone is 3. The van der Waals surface area contributed by atoms with Crippen molar-refractivity contribution in [2.24, 2.45) is 0 Å². The first-order chi connectivity index (χ1) is 9.24. The molecule has 1 unspecified atom stereocenters. The quantitative estimate of drug-likeness (QED) is 0.792. The van der Waals surface area contributed by atoms with Gasteiger partial charge in [0.05, 0.1) is 6.04 Å². The van der Waals surface area contributed by atoms with Crippen molar-refractivity contribution in [2.45, 2.75) is 52.2 Å². The molecule has 0 fully saturated rings. The molecule has 0 aromatic rings. The molecule has 0 saturated heterocycles. The van der Waals surface area contributed by atoms with Crippen LogP contribution in [0.4, 0.5) is 9.18 Å². The Balaban J connectivity index is 2.82. The van der Waals surface area contributed by atoms with Gasteiger partial charge in [-0.05, 0) is 45.8 Å². The fraction of sp³-hybridized carbons (Fsp3) is 0.667. The normalized spacial score (nSPS) is 17.1. The Morgan fingerprint density at radius 3 is 2.55 bits per heavy atom. The molecule has 0 aromatic carbocycles. The maximum atomic E-state index is 13.0. The van der Waals surface area contributed by atoms with Crippen molar-refractivity contribution in [3.63, 3.8) is 0 Å². The number of carbonyl (C=O) groups is 1. The number of halogens is 1. The van der Waals surface area contributed by atoms with E-state index in [2.05, 4.69) is 12.6 Å². The van der Waals surface area contributed by atoms with Gasteiger partial charge in [-0.2, -0.15) is 12.6 Å². The van der Waals surface area contributed by atoms with Crippen molar-refractivity contribution in [1.82, 2.24) is 4.90 Å². The Bertz CT molecular complexity index is 413. The first-order valence-electron chi connectivity index (χ1n) is 6.90. The predicted octanol–water partition coefficient (Wildman–Crippen LogP) is 4.12. The van der Waals surface area contributed by atoms with Crippen molar-refractivity contribution >= 4 is 18.7 Å². The second-order valence-corrected chi connectivity index (χ2v) is 6.38. The van der Waals surface area contributed by atoms with Gasteiger partial charge >= 0.3 is 6.09 Å². The molecule has 0 aliphatic heterocycles. The maximum absolute atomic E-state index is 13.0. The molecule has 1 rings (SSSR count). The van der Waals surface area contributed by atoms with Crippen LogP contribution in [0.25, 0.3) is 0 Å². The van der Waals surface area contributed by atoms with Crippen LogP contribution in [0, 0.1) is 0 Å². The van der Waals surface area contributed by atoms with Crippen molar-refractivity contribution in [1.29, 1.82) is 0 Å². The van der Waals surface area contributed by atoms with Crippen LogP contribution in [0.15, 0.2) is 23.6 Å². The van der Waals surface area contributed by atoms with Crippen molar-refractivity contribution < 1.29 is 13.9 Å². The van der Waals surface area contributed by atoms with E-state index in [0.29, 0.717) is 25.1 Å². The Kier molecular flexibility index (Phi) is 6.11. The highest BCUT2D eigenvalue weighted by molar-refractivity contribution is 7.80. The molecule has 1 aliphatic rings. The molecule has 0 bridgehead atoms. The SMILES string of the molecule is CC(C1=CC=C(F)CC1)N(CCS)C(=O)OC(C)(C)C. The third kappa shape index (κ3) is 5.19. The van der Waals surface area contributed by atoms with Gasteiger partial charge in [-0.15, -0.1) is 0 Å². The zero-order valence-corrected chi connectivity index (χ0v) is 13.5.